The summed E-state index contributed by atoms with van der Waals surface area (Å²) in [5.74, 6) is 0.0136. The van der Waals surface area contributed by atoms with Gasteiger partial charge in [-0.3, -0.25) is 4.79 Å². The second-order valence-corrected chi connectivity index (χ2v) is 10.5. The maximum Gasteiger partial charge on any atom is 0.305 e. The zero-order chi connectivity index (χ0) is 24.1. The Hall–Kier alpha value is -0.530. The lowest BCUT2D eigenvalue weighted by molar-refractivity contribution is -0.143. The Bertz CT molecular complexity index is 366. The average molecular weight is 467 g/mol. The summed E-state index contributed by atoms with van der Waals surface area (Å²) in [6, 6.07) is 0. The van der Waals surface area contributed by atoms with E-state index in [2.05, 4.69) is 13.8 Å². The first-order valence-corrected chi connectivity index (χ1v) is 15.5. The molecule has 0 bridgehead atoms. The number of esters is 1. The molecule has 33 heavy (non-hydrogen) atoms. The number of carbonyl (C=O) groups excluding carboxylic acids is 1. The van der Waals surface area contributed by atoms with E-state index >= 15 is 0 Å². The summed E-state index contributed by atoms with van der Waals surface area (Å²) in [6.45, 7) is 5.14. The highest BCUT2D eigenvalue weighted by Gasteiger charge is 2.02. The smallest absolute Gasteiger partial charge is 0.305 e. The van der Waals surface area contributed by atoms with Crippen molar-refractivity contribution >= 4 is 5.97 Å². The maximum absolute atomic E-state index is 11.7. The molecule has 0 saturated carbocycles. The molecule has 0 aliphatic heterocycles. The molecule has 0 N–H and O–H groups in total. The van der Waals surface area contributed by atoms with Gasteiger partial charge in [0.2, 0.25) is 0 Å². The van der Waals surface area contributed by atoms with Gasteiger partial charge in [0.15, 0.2) is 0 Å². The third-order valence-electron chi connectivity index (χ3n) is 7.00. The van der Waals surface area contributed by atoms with Crippen molar-refractivity contribution in [1.29, 1.82) is 0 Å². The molecular formula is C31H62O2. The van der Waals surface area contributed by atoms with Crippen LogP contribution in [0.4, 0.5) is 0 Å². The van der Waals surface area contributed by atoms with E-state index in [4.69, 9.17) is 4.74 Å². The molecule has 0 aliphatic carbocycles. The van der Waals surface area contributed by atoms with Crippen molar-refractivity contribution in [3.05, 3.63) is 0 Å². The molecule has 0 aromatic rings. The van der Waals surface area contributed by atoms with Crippen molar-refractivity contribution in [2.75, 3.05) is 6.61 Å². The molecule has 0 amide bonds. The largest absolute Gasteiger partial charge is 0.466 e. The number of carbonyl (C=O) groups is 1. The molecule has 0 aliphatic rings. The highest BCUT2D eigenvalue weighted by atomic mass is 16.5. The van der Waals surface area contributed by atoms with Gasteiger partial charge in [-0.2, -0.15) is 0 Å². The van der Waals surface area contributed by atoms with Crippen LogP contribution in [0.3, 0.4) is 0 Å². The summed E-state index contributed by atoms with van der Waals surface area (Å²) in [5, 5.41) is 0. The molecule has 0 aromatic carbocycles. The van der Waals surface area contributed by atoms with Gasteiger partial charge in [0, 0.05) is 6.42 Å². The second kappa shape index (κ2) is 29.5. The number of rotatable bonds is 28. The van der Waals surface area contributed by atoms with Gasteiger partial charge >= 0.3 is 5.97 Å². The molecule has 2 nitrogen and oxygen atoms in total. The summed E-state index contributed by atoms with van der Waals surface area (Å²) >= 11 is 0. The molecule has 2 heteroatoms. The Morgan fingerprint density at radius 2 is 0.667 bits per heavy atom. The van der Waals surface area contributed by atoms with Gasteiger partial charge in [0.05, 0.1) is 6.61 Å². The number of hydrogen-bond acceptors (Lipinski definition) is 2. The van der Waals surface area contributed by atoms with E-state index in [0.717, 1.165) is 12.8 Å². The predicted octanol–water partition coefficient (Wildman–Crippen LogP) is 11.1. The SMILES string of the molecule is CCCCCCCCCCCCCCCCCCCCCCCOC(=O)CCCCCCC. The molecule has 0 spiro atoms. The van der Waals surface area contributed by atoms with E-state index in [9.17, 15) is 4.79 Å². The van der Waals surface area contributed by atoms with Crippen LogP contribution in [0.1, 0.15) is 187 Å². The molecule has 0 fully saturated rings. The Morgan fingerprint density at radius 1 is 0.394 bits per heavy atom. The summed E-state index contributed by atoms with van der Waals surface area (Å²) in [4.78, 5) is 11.7. The van der Waals surface area contributed by atoms with E-state index in [1.807, 2.05) is 0 Å². The van der Waals surface area contributed by atoms with E-state index in [1.165, 1.54) is 154 Å². The molecule has 0 rings (SSSR count). The van der Waals surface area contributed by atoms with Gasteiger partial charge in [0.1, 0.15) is 0 Å². The average Bonchev–Trinajstić information content (AvgIpc) is 2.82. The van der Waals surface area contributed by atoms with E-state index in [0.29, 0.717) is 13.0 Å². The van der Waals surface area contributed by atoms with Crippen LogP contribution in [0.2, 0.25) is 0 Å². The van der Waals surface area contributed by atoms with Gasteiger partial charge in [-0.1, -0.05) is 168 Å². The summed E-state index contributed by atoms with van der Waals surface area (Å²) in [6.07, 6.45) is 36.0. The first-order valence-electron chi connectivity index (χ1n) is 15.5. The van der Waals surface area contributed by atoms with Crippen LogP contribution in [0.5, 0.6) is 0 Å². The Morgan fingerprint density at radius 3 is 1.00 bits per heavy atom. The molecule has 0 unspecified atom stereocenters. The monoisotopic (exact) mass is 466 g/mol. The minimum atomic E-state index is 0.0136. The van der Waals surface area contributed by atoms with Crippen LogP contribution in [-0.4, -0.2) is 12.6 Å². The third-order valence-corrected chi connectivity index (χ3v) is 7.00. The van der Waals surface area contributed by atoms with Crippen molar-refractivity contribution in [2.24, 2.45) is 0 Å². The third kappa shape index (κ3) is 29.4. The lowest BCUT2D eigenvalue weighted by atomic mass is 10.0. The Balaban J connectivity index is 3.08. The second-order valence-electron chi connectivity index (χ2n) is 10.5. The molecule has 198 valence electrons. The fourth-order valence-electron chi connectivity index (χ4n) is 4.67. The number of hydrogen-bond donors (Lipinski definition) is 0. The first kappa shape index (κ1) is 32.5. The van der Waals surface area contributed by atoms with Gasteiger partial charge in [-0.25, -0.2) is 0 Å². The van der Waals surface area contributed by atoms with Crippen LogP contribution >= 0.6 is 0 Å². The molecule has 0 aromatic heterocycles. The number of ether oxygens (including phenoxy) is 1. The first-order chi connectivity index (χ1) is 16.3. The van der Waals surface area contributed by atoms with E-state index in [1.54, 1.807) is 0 Å². The van der Waals surface area contributed by atoms with Crippen molar-refractivity contribution in [3.8, 4) is 0 Å². The van der Waals surface area contributed by atoms with Crippen LogP contribution in [0.25, 0.3) is 0 Å². The fourth-order valence-corrected chi connectivity index (χ4v) is 4.67. The van der Waals surface area contributed by atoms with Crippen molar-refractivity contribution < 1.29 is 9.53 Å². The highest BCUT2D eigenvalue weighted by Crippen LogP contribution is 2.15. The lowest BCUT2D eigenvalue weighted by Crippen LogP contribution is -2.05. The van der Waals surface area contributed by atoms with Crippen LogP contribution in [-0.2, 0) is 9.53 Å². The Labute approximate surface area is 209 Å². The summed E-state index contributed by atoms with van der Waals surface area (Å²) in [5.41, 5.74) is 0. The van der Waals surface area contributed by atoms with Crippen molar-refractivity contribution in [2.45, 2.75) is 187 Å². The van der Waals surface area contributed by atoms with E-state index < -0.39 is 0 Å². The minimum Gasteiger partial charge on any atom is -0.466 e. The highest BCUT2D eigenvalue weighted by molar-refractivity contribution is 5.69. The summed E-state index contributed by atoms with van der Waals surface area (Å²) in [7, 11) is 0. The molecule has 0 saturated heterocycles. The minimum absolute atomic E-state index is 0.0136. The Kier molecular flexibility index (Phi) is 29.0. The van der Waals surface area contributed by atoms with E-state index in [-0.39, 0.29) is 5.97 Å². The zero-order valence-corrected chi connectivity index (χ0v) is 23.1. The molecular weight excluding hydrogens is 404 g/mol. The summed E-state index contributed by atoms with van der Waals surface area (Å²) < 4.78 is 5.35. The molecule has 0 atom stereocenters. The fraction of sp³-hybridized carbons (Fsp3) is 0.968. The zero-order valence-electron chi connectivity index (χ0n) is 23.1. The quantitative estimate of drug-likeness (QED) is 0.0846. The topological polar surface area (TPSA) is 26.3 Å². The van der Waals surface area contributed by atoms with Gasteiger partial charge in [-0.05, 0) is 12.8 Å². The van der Waals surface area contributed by atoms with Crippen molar-refractivity contribution in [3.63, 3.8) is 0 Å². The normalized spacial score (nSPS) is 11.2. The predicted molar refractivity (Wildman–Crippen MR) is 147 cm³/mol. The van der Waals surface area contributed by atoms with Crippen molar-refractivity contribution in [1.82, 2.24) is 0 Å². The number of unbranched alkanes of at least 4 members (excludes halogenated alkanes) is 24. The lowest BCUT2D eigenvalue weighted by Gasteiger charge is -2.05. The van der Waals surface area contributed by atoms with Crippen LogP contribution in [0, 0.1) is 0 Å². The maximum atomic E-state index is 11.7. The molecule has 0 radical (unpaired) electrons. The van der Waals surface area contributed by atoms with Gasteiger partial charge in [-0.15, -0.1) is 0 Å². The van der Waals surface area contributed by atoms with Crippen LogP contribution < -0.4 is 0 Å². The standard InChI is InChI=1S/C31H62O2/c1-3-5-7-9-10-11-12-13-14-15-16-17-18-19-20-21-22-23-24-26-28-30-33-31(32)29-27-25-8-6-4-2/h3-30H2,1-2H3. The van der Waals surface area contributed by atoms with Crippen LogP contribution in [0.15, 0.2) is 0 Å². The van der Waals surface area contributed by atoms with Gasteiger partial charge in [0.25, 0.3) is 0 Å². The molecule has 0 heterocycles. The van der Waals surface area contributed by atoms with Gasteiger partial charge < -0.3 is 4.74 Å².